The fourth-order valence-electron chi connectivity index (χ4n) is 3.34. The minimum Gasteiger partial charge on any atom is -0.304 e. The van der Waals surface area contributed by atoms with Gasteiger partial charge < -0.3 is 4.90 Å². The summed E-state index contributed by atoms with van der Waals surface area (Å²) in [5, 5.41) is 0. The molecule has 1 atom stereocenters. The fourth-order valence-corrected chi connectivity index (χ4v) is 6.17. The third kappa shape index (κ3) is 3.17. The maximum atomic E-state index is 13.7. The summed E-state index contributed by atoms with van der Waals surface area (Å²) in [6.45, 7) is 4.31. The van der Waals surface area contributed by atoms with Crippen molar-refractivity contribution in [2.45, 2.75) is 21.6 Å². The van der Waals surface area contributed by atoms with Crippen LogP contribution < -0.4 is 0 Å². The van der Waals surface area contributed by atoms with Crippen LogP contribution in [0.2, 0.25) is 4.34 Å². The molecule has 6 heteroatoms. The zero-order valence-electron chi connectivity index (χ0n) is 12.9. The summed E-state index contributed by atoms with van der Waals surface area (Å²) < 4.78 is 15.7. The van der Waals surface area contributed by atoms with Gasteiger partial charge in [0.25, 0.3) is 0 Å². The average molecular weight is 369 g/mol. The number of halogens is 2. The van der Waals surface area contributed by atoms with Gasteiger partial charge in [0.05, 0.1) is 8.55 Å². The van der Waals surface area contributed by atoms with Gasteiger partial charge in [0.1, 0.15) is 5.82 Å². The lowest BCUT2D eigenvalue weighted by atomic mass is 9.99. The van der Waals surface area contributed by atoms with Gasteiger partial charge in [-0.1, -0.05) is 29.4 Å². The quantitative estimate of drug-likeness (QED) is 0.729. The van der Waals surface area contributed by atoms with E-state index in [1.54, 1.807) is 35.2 Å². The van der Waals surface area contributed by atoms with Crippen molar-refractivity contribution in [1.82, 2.24) is 9.80 Å². The van der Waals surface area contributed by atoms with Gasteiger partial charge in [-0.15, -0.1) is 11.3 Å². The number of fused-ring (bicyclic) bond motifs is 2. The molecule has 0 N–H and O–H groups in total. The monoisotopic (exact) mass is 368 g/mol. The molecule has 2 nitrogen and oxygen atoms in total. The van der Waals surface area contributed by atoms with Gasteiger partial charge in [-0.2, -0.15) is 0 Å². The first-order valence-electron chi connectivity index (χ1n) is 7.78. The summed E-state index contributed by atoms with van der Waals surface area (Å²) in [7, 11) is 2.17. The summed E-state index contributed by atoms with van der Waals surface area (Å²) in [5.74, 6) is -0.168. The molecular formula is C17H18ClFN2S2. The Morgan fingerprint density at radius 3 is 2.74 bits per heavy atom. The Morgan fingerprint density at radius 2 is 1.96 bits per heavy atom. The van der Waals surface area contributed by atoms with Crippen molar-refractivity contribution < 1.29 is 4.39 Å². The van der Waals surface area contributed by atoms with Crippen molar-refractivity contribution in [3.05, 3.63) is 45.5 Å². The van der Waals surface area contributed by atoms with Gasteiger partial charge in [0.15, 0.2) is 0 Å². The van der Waals surface area contributed by atoms with E-state index in [1.165, 1.54) is 15.3 Å². The van der Waals surface area contributed by atoms with Crippen LogP contribution in [0.3, 0.4) is 0 Å². The predicted octanol–water partition coefficient (Wildman–Crippen LogP) is 4.54. The minimum absolute atomic E-state index is 0.168. The molecular weight excluding hydrogens is 351 g/mol. The molecule has 3 heterocycles. The van der Waals surface area contributed by atoms with E-state index in [0.29, 0.717) is 6.04 Å². The van der Waals surface area contributed by atoms with E-state index >= 15 is 0 Å². The van der Waals surface area contributed by atoms with Crippen LogP contribution in [0.5, 0.6) is 0 Å². The van der Waals surface area contributed by atoms with E-state index in [0.717, 1.165) is 41.8 Å². The van der Waals surface area contributed by atoms with Crippen LogP contribution in [-0.2, 0) is 6.42 Å². The molecule has 0 radical (unpaired) electrons. The number of benzene rings is 1. The number of hydrogen-bond acceptors (Lipinski definition) is 4. The van der Waals surface area contributed by atoms with E-state index < -0.39 is 0 Å². The van der Waals surface area contributed by atoms with Gasteiger partial charge in [0.2, 0.25) is 0 Å². The number of nitrogens with zero attached hydrogens (tertiary/aromatic N) is 2. The molecule has 1 saturated heterocycles. The zero-order valence-corrected chi connectivity index (χ0v) is 15.3. The lowest BCUT2D eigenvalue weighted by Crippen LogP contribution is -2.46. The van der Waals surface area contributed by atoms with Crippen LogP contribution in [0.4, 0.5) is 4.39 Å². The minimum atomic E-state index is -0.168. The molecule has 0 amide bonds. The summed E-state index contributed by atoms with van der Waals surface area (Å²) in [5.41, 5.74) is 2.55. The molecule has 23 heavy (non-hydrogen) atoms. The first-order chi connectivity index (χ1) is 11.1. The Morgan fingerprint density at radius 1 is 1.17 bits per heavy atom. The highest BCUT2D eigenvalue weighted by Crippen LogP contribution is 2.48. The fraction of sp³-hybridized carbons (Fsp3) is 0.412. The molecule has 2 aliphatic rings. The van der Waals surface area contributed by atoms with Crippen molar-refractivity contribution >= 4 is 34.7 Å². The van der Waals surface area contributed by atoms with E-state index in [4.69, 9.17) is 11.6 Å². The largest absolute Gasteiger partial charge is 0.304 e. The van der Waals surface area contributed by atoms with E-state index in [9.17, 15) is 4.39 Å². The molecule has 122 valence electrons. The van der Waals surface area contributed by atoms with Crippen LogP contribution in [0.1, 0.15) is 17.2 Å². The van der Waals surface area contributed by atoms with E-state index in [2.05, 4.69) is 22.9 Å². The maximum absolute atomic E-state index is 13.7. The number of piperazine rings is 1. The highest BCUT2D eigenvalue weighted by Gasteiger charge is 2.31. The first-order valence-corrected chi connectivity index (χ1v) is 9.79. The van der Waals surface area contributed by atoms with Crippen molar-refractivity contribution in [3.63, 3.8) is 0 Å². The van der Waals surface area contributed by atoms with Crippen LogP contribution >= 0.6 is 34.7 Å². The Hall–Kier alpha value is -0.590. The highest BCUT2D eigenvalue weighted by molar-refractivity contribution is 8.01. The van der Waals surface area contributed by atoms with Gasteiger partial charge >= 0.3 is 0 Å². The van der Waals surface area contributed by atoms with Crippen molar-refractivity contribution in [2.24, 2.45) is 0 Å². The number of hydrogen-bond donors (Lipinski definition) is 0. The average Bonchev–Trinajstić information content (AvgIpc) is 2.81. The van der Waals surface area contributed by atoms with Gasteiger partial charge in [-0.05, 0) is 42.8 Å². The molecule has 2 aliphatic heterocycles. The van der Waals surface area contributed by atoms with Crippen LogP contribution in [0, 0.1) is 5.82 Å². The molecule has 1 fully saturated rings. The van der Waals surface area contributed by atoms with Gasteiger partial charge in [0, 0.05) is 37.1 Å². The lowest BCUT2D eigenvalue weighted by molar-refractivity contribution is 0.110. The molecule has 0 bridgehead atoms. The summed E-state index contributed by atoms with van der Waals surface area (Å²) in [4.78, 5) is 5.95. The van der Waals surface area contributed by atoms with Crippen molar-refractivity contribution in [3.8, 4) is 0 Å². The summed E-state index contributed by atoms with van der Waals surface area (Å²) in [6.07, 6.45) is 0.923. The topological polar surface area (TPSA) is 6.48 Å². The summed E-state index contributed by atoms with van der Waals surface area (Å²) >= 11 is 9.57. The third-order valence-corrected chi connectivity index (χ3v) is 7.27. The molecule has 1 aromatic heterocycles. The van der Waals surface area contributed by atoms with Crippen molar-refractivity contribution in [1.29, 1.82) is 0 Å². The van der Waals surface area contributed by atoms with Gasteiger partial charge in [-0.25, -0.2) is 4.39 Å². The number of likely N-dealkylation sites (N-methyl/N-ethyl adjacent to an activating group) is 1. The Bertz CT molecular complexity index is 725. The Kier molecular flexibility index (Phi) is 4.41. The second kappa shape index (κ2) is 6.37. The number of rotatable bonds is 1. The predicted molar refractivity (Wildman–Crippen MR) is 95.4 cm³/mol. The zero-order chi connectivity index (χ0) is 16.0. The molecule has 4 rings (SSSR count). The lowest BCUT2D eigenvalue weighted by Gasteiger charge is -2.38. The highest BCUT2D eigenvalue weighted by atomic mass is 35.5. The van der Waals surface area contributed by atoms with Crippen LogP contribution in [0.25, 0.3) is 0 Å². The van der Waals surface area contributed by atoms with Crippen LogP contribution in [-0.4, -0.2) is 43.0 Å². The van der Waals surface area contributed by atoms with E-state index in [-0.39, 0.29) is 5.82 Å². The molecule has 1 aromatic carbocycles. The number of thiophene rings is 1. The van der Waals surface area contributed by atoms with Crippen molar-refractivity contribution in [2.75, 3.05) is 33.2 Å². The third-order valence-electron chi connectivity index (χ3n) is 4.68. The standard InChI is InChI=1S/C17H18ClFN2S2/c1-20-4-6-21(7-5-20)14-8-11-2-3-12(19)9-15(11)22-17-13(14)10-16(18)23-17/h2-3,9-10,14H,4-8H2,1H3. The summed E-state index contributed by atoms with van der Waals surface area (Å²) in [6, 6.07) is 7.62. The second-order valence-corrected chi connectivity index (χ2v) is 9.20. The second-order valence-electron chi connectivity index (χ2n) is 6.21. The van der Waals surface area contributed by atoms with Crippen LogP contribution in [0.15, 0.2) is 33.4 Å². The molecule has 2 aromatic rings. The Balaban J connectivity index is 1.74. The molecule has 0 aliphatic carbocycles. The molecule has 1 unspecified atom stereocenters. The normalized spacial score (nSPS) is 22.5. The van der Waals surface area contributed by atoms with Gasteiger partial charge in [-0.3, -0.25) is 4.90 Å². The molecule has 0 saturated carbocycles. The smallest absolute Gasteiger partial charge is 0.124 e. The molecule has 0 spiro atoms. The SMILES string of the molecule is CN1CCN(C2Cc3ccc(F)cc3Sc3sc(Cl)cc32)CC1. The maximum Gasteiger partial charge on any atom is 0.124 e. The van der Waals surface area contributed by atoms with E-state index in [1.807, 2.05) is 6.07 Å². The Labute approximate surface area is 149 Å². The first kappa shape index (κ1) is 15.9.